The molecule has 2 aromatic carbocycles. The molecule has 1 aliphatic heterocycles. The van der Waals surface area contributed by atoms with Crippen LogP contribution >= 0.6 is 0 Å². The van der Waals surface area contributed by atoms with Gasteiger partial charge in [-0.05, 0) is 48.0 Å². The van der Waals surface area contributed by atoms with Gasteiger partial charge in [0.05, 0.1) is 7.11 Å². The van der Waals surface area contributed by atoms with Crippen molar-refractivity contribution in [1.82, 2.24) is 4.90 Å². The first-order chi connectivity index (χ1) is 10.1. The van der Waals surface area contributed by atoms with E-state index in [4.69, 9.17) is 4.74 Å². The standard InChI is InChI=1S/C17H19NO3/c1-18-9-12-7-16(20)17(21-2)8-14(12)15(10-18)11-3-5-13(19)6-4-11/h3-8,15,19-20H,9-10H2,1-2H3/t15-/m0/s1. The quantitative estimate of drug-likeness (QED) is 0.890. The van der Waals surface area contributed by atoms with Crippen LogP contribution in [0.3, 0.4) is 0 Å². The van der Waals surface area contributed by atoms with E-state index in [1.54, 1.807) is 25.3 Å². The molecule has 0 radical (unpaired) electrons. The Hall–Kier alpha value is -2.20. The van der Waals surface area contributed by atoms with E-state index in [9.17, 15) is 10.2 Å². The van der Waals surface area contributed by atoms with Crippen molar-refractivity contribution in [3.63, 3.8) is 0 Å². The van der Waals surface area contributed by atoms with Gasteiger partial charge < -0.3 is 19.8 Å². The number of nitrogens with zero attached hydrogens (tertiary/aromatic N) is 1. The highest BCUT2D eigenvalue weighted by Gasteiger charge is 2.26. The third-order valence-corrected chi connectivity index (χ3v) is 4.05. The van der Waals surface area contributed by atoms with Crippen molar-refractivity contribution in [2.24, 2.45) is 0 Å². The van der Waals surface area contributed by atoms with Crippen LogP contribution < -0.4 is 4.74 Å². The van der Waals surface area contributed by atoms with Gasteiger partial charge in [-0.1, -0.05) is 12.1 Å². The summed E-state index contributed by atoms with van der Waals surface area (Å²) in [5.74, 6) is 1.15. The molecule has 1 atom stereocenters. The minimum atomic E-state index is 0.177. The highest BCUT2D eigenvalue weighted by molar-refractivity contribution is 5.51. The number of ether oxygens (including phenoxy) is 1. The molecular formula is C17H19NO3. The van der Waals surface area contributed by atoms with Gasteiger partial charge in [0, 0.05) is 19.0 Å². The summed E-state index contributed by atoms with van der Waals surface area (Å²) in [6.07, 6.45) is 0. The Morgan fingerprint density at radius 3 is 2.52 bits per heavy atom. The molecule has 0 saturated carbocycles. The van der Waals surface area contributed by atoms with E-state index < -0.39 is 0 Å². The van der Waals surface area contributed by atoms with Crippen LogP contribution in [-0.2, 0) is 6.54 Å². The van der Waals surface area contributed by atoms with E-state index in [0.29, 0.717) is 5.75 Å². The summed E-state index contributed by atoms with van der Waals surface area (Å²) in [5, 5.41) is 19.4. The minimum absolute atomic E-state index is 0.177. The first kappa shape index (κ1) is 13.8. The summed E-state index contributed by atoms with van der Waals surface area (Å²) >= 11 is 0. The van der Waals surface area contributed by atoms with Crippen molar-refractivity contribution in [1.29, 1.82) is 0 Å². The fourth-order valence-electron chi connectivity index (χ4n) is 3.01. The fraction of sp³-hybridized carbons (Fsp3) is 0.294. The molecule has 2 N–H and O–H groups in total. The van der Waals surface area contributed by atoms with Gasteiger partial charge in [0.2, 0.25) is 0 Å². The van der Waals surface area contributed by atoms with E-state index in [2.05, 4.69) is 11.9 Å². The first-order valence-electron chi connectivity index (χ1n) is 6.95. The summed E-state index contributed by atoms with van der Waals surface area (Å²) in [7, 11) is 3.63. The zero-order valence-electron chi connectivity index (χ0n) is 12.2. The van der Waals surface area contributed by atoms with Crippen LogP contribution in [0.2, 0.25) is 0 Å². The number of phenols is 2. The third kappa shape index (κ3) is 2.54. The van der Waals surface area contributed by atoms with E-state index in [1.165, 1.54) is 5.56 Å². The number of methoxy groups -OCH3 is 1. The zero-order valence-corrected chi connectivity index (χ0v) is 12.2. The van der Waals surface area contributed by atoms with Crippen molar-refractivity contribution in [2.75, 3.05) is 20.7 Å². The van der Waals surface area contributed by atoms with E-state index >= 15 is 0 Å². The molecule has 0 amide bonds. The Kier molecular flexibility index (Phi) is 3.47. The Bertz CT molecular complexity index is 652. The van der Waals surface area contributed by atoms with Crippen LogP contribution in [0, 0.1) is 0 Å². The van der Waals surface area contributed by atoms with Crippen molar-refractivity contribution in [3.05, 3.63) is 53.1 Å². The molecule has 0 unspecified atom stereocenters. The number of hydrogen-bond donors (Lipinski definition) is 2. The van der Waals surface area contributed by atoms with Crippen molar-refractivity contribution >= 4 is 0 Å². The Balaban J connectivity index is 2.09. The molecule has 0 fully saturated rings. The third-order valence-electron chi connectivity index (χ3n) is 4.05. The summed E-state index contributed by atoms with van der Waals surface area (Å²) < 4.78 is 5.24. The van der Waals surface area contributed by atoms with Gasteiger partial charge in [0.25, 0.3) is 0 Å². The summed E-state index contributed by atoms with van der Waals surface area (Å²) in [6, 6.07) is 11.0. The summed E-state index contributed by atoms with van der Waals surface area (Å²) in [4.78, 5) is 2.23. The lowest BCUT2D eigenvalue weighted by atomic mass is 9.84. The second kappa shape index (κ2) is 5.30. The molecule has 0 bridgehead atoms. The monoisotopic (exact) mass is 285 g/mol. The molecule has 4 nitrogen and oxygen atoms in total. The molecule has 1 aliphatic rings. The van der Waals surface area contributed by atoms with Crippen LogP contribution in [0.25, 0.3) is 0 Å². The van der Waals surface area contributed by atoms with Crippen molar-refractivity contribution in [2.45, 2.75) is 12.5 Å². The van der Waals surface area contributed by atoms with E-state index in [-0.39, 0.29) is 17.4 Å². The number of benzene rings is 2. The Morgan fingerprint density at radius 1 is 1.14 bits per heavy atom. The molecule has 0 spiro atoms. The zero-order chi connectivity index (χ0) is 15.0. The highest BCUT2D eigenvalue weighted by Crippen LogP contribution is 2.39. The Morgan fingerprint density at radius 2 is 1.86 bits per heavy atom. The van der Waals surface area contributed by atoms with E-state index in [1.807, 2.05) is 18.2 Å². The van der Waals surface area contributed by atoms with Gasteiger partial charge in [-0.25, -0.2) is 0 Å². The maximum atomic E-state index is 9.97. The fourth-order valence-corrected chi connectivity index (χ4v) is 3.01. The largest absolute Gasteiger partial charge is 0.508 e. The molecule has 0 saturated heterocycles. The Labute approximate surface area is 124 Å². The van der Waals surface area contributed by atoms with Crippen LogP contribution in [0.5, 0.6) is 17.2 Å². The van der Waals surface area contributed by atoms with Gasteiger partial charge >= 0.3 is 0 Å². The van der Waals surface area contributed by atoms with Gasteiger partial charge in [-0.15, -0.1) is 0 Å². The second-order valence-electron chi connectivity index (χ2n) is 5.56. The van der Waals surface area contributed by atoms with E-state index in [0.717, 1.165) is 24.2 Å². The second-order valence-corrected chi connectivity index (χ2v) is 5.56. The average molecular weight is 285 g/mol. The molecule has 1 heterocycles. The van der Waals surface area contributed by atoms with Gasteiger partial charge in [-0.2, -0.15) is 0 Å². The minimum Gasteiger partial charge on any atom is -0.508 e. The number of fused-ring (bicyclic) bond motifs is 1. The molecule has 2 aromatic rings. The van der Waals surface area contributed by atoms with Crippen LogP contribution in [-0.4, -0.2) is 35.8 Å². The number of aromatic hydroxyl groups is 2. The number of likely N-dealkylation sites (N-methyl/N-ethyl adjacent to an activating group) is 1. The lowest BCUT2D eigenvalue weighted by molar-refractivity contribution is 0.292. The van der Waals surface area contributed by atoms with Crippen molar-refractivity contribution in [3.8, 4) is 17.2 Å². The molecular weight excluding hydrogens is 266 g/mol. The normalized spacial score (nSPS) is 18.3. The molecule has 0 aromatic heterocycles. The maximum Gasteiger partial charge on any atom is 0.160 e. The predicted molar refractivity (Wildman–Crippen MR) is 80.9 cm³/mol. The highest BCUT2D eigenvalue weighted by atomic mass is 16.5. The molecule has 0 aliphatic carbocycles. The number of rotatable bonds is 2. The average Bonchev–Trinajstić information content (AvgIpc) is 2.46. The molecule has 21 heavy (non-hydrogen) atoms. The maximum absolute atomic E-state index is 9.97. The van der Waals surface area contributed by atoms with Crippen LogP contribution in [0.15, 0.2) is 36.4 Å². The van der Waals surface area contributed by atoms with Gasteiger partial charge in [0.15, 0.2) is 11.5 Å². The summed E-state index contributed by atoms with van der Waals surface area (Å²) in [5.41, 5.74) is 3.43. The smallest absolute Gasteiger partial charge is 0.160 e. The van der Waals surface area contributed by atoms with Gasteiger partial charge in [0.1, 0.15) is 5.75 Å². The van der Waals surface area contributed by atoms with Crippen LogP contribution in [0.4, 0.5) is 0 Å². The topological polar surface area (TPSA) is 52.9 Å². The lowest BCUT2D eigenvalue weighted by Crippen LogP contribution is -2.31. The molecule has 3 rings (SSSR count). The lowest BCUT2D eigenvalue weighted by Gasteiger charge is -2.33. The first-order valence-corrected chi connectivity index (χ1v) is 6.95. The SMILES string of the molecule is COc1cc2c(cc1O)CN(C)C[C@H]2c1ccc(O)cc1. The molecule has 4 heteroatoms. The molecule has 110 valence electrons. The van der Waals surface area contributed by atoms with Crippen LogP contribution in [0.1, 0.15) is 22.6 Å². The number of hydrogen-bond acceptors (Lipinski definition) is 4. The van der Waals surface area contributed by atoms with Gasteiger partial charge in [-0.3, -0.25) is 0 Å². The predicted octanol–water partition coefficient (Wildman–Crippen LogP) is 2.68. The van der Waals surface area contributed by atoms with Crippen molar-refractivity contribution < 1.29 is 14.9 Å². The summed E-state index contributed by atoms with van der Waals surface area (Å²) in [6.45, 7) is 1.70. The number of phenolic OH excluding ortho intramolecular Hbond substituents is 2.